The van der Waals surface area contributed by atoms with E-state index in [9.17, 15) is 13.2 Å². The van der Waals surface area contributed by atoms with Gasteiger partial charge in [-0.1, -0.05) is 6.07 Å². The quantitative estimate of drug-likeness (QED) is 0.760. The molecule has 6 nitrogen and oxygen atoms in total. The summed E-state index contributed by atoms with van der Waals surface area (Å²) in [5.41, 5.74) is 3.59. The van der Waals surface area contributed by atoms with Crippen molar-refractivity contribution in [3.05, 3.63) is 54.5 Å². The van der Waals surface area contributed by atoms with Gasteiger partial charge >= 0.3 is 0 Å². The van der Waals surface area contributed by atoms with Gasteiger partial charge in [-0.05, 0) is 48.9 Å². The van der Waals surface area contributed by atoms with Crippen molar-refractivity contribution in [1.29, 1.82) is 0 Å². The zero-order valence-electron chi connectivity index (χ0n) is 14.1. The van der Waals surface area contributed by atoms with E-state index in [1.807, 2.05) is 36.5 Å². The van der Waals surface area contributed by atoms with Crippen molar-refractivity contribution in [3.63, 3.8) is 0 Å². The fraction of sp³-hybridized carbons (Fsp3) is 0.222. The Labute approximate surface area is 146 Å². The van der Waals surface area contributed by atoms with Gasteiger partial charge in [0.25, 0.3) is 0 Å². The third-order valence-electron chi connectivity index (χ3n) is 4.17. The minimum Gasteiger partial charge on any atom is -0.287 e. The molecule has 2 heterocycles. The van der Waals surface area contributed by atoms with Gasteiger partial charge < -0.3 is 0 Å². The molecular weight excluding hydrogens is 338 g/mol. The molecule has 0 amide bonds. The number of hydrogen-bond donors (Lipinski definition) is 1. The lowest BCUT2D eigenvalue weighted by Crippen LogP contribution is -2.23. The van der Waals surface area contributed by atoms with Gasteiger partial charge in [-0.15, -0.1) is 0 Å². The van der Waals surface area contributed by atoms with Crippen LogP contribution in [0.1, 0.15) is 17.3 Å². The number of rotatable bonds is 5. The van der Waals surface area contributed by atoms with E-state index in [1.54, 1.807) is 17.0 Å². The van der Waals surface area contributed by atoms with Crippen molar-refractivity contribution in [2.45, 2.75) is 13.3 Å². The Kier molecular flexibility index (Phi) is 4.69. The molecule has 7 heteroatoms. The number of aromatic nitrogens is 2. The number of sulfonamides is 1. The second-order valence-corrected chi connectivity index (χ2v) is 7.84. The summed E-state index contributed by atoms with van der Waals surface area (Å²) in [5, 5.41) is 0.917. The van der Waals surface area contributed by atoms with E-state index in [0.717, 1.165) is 27.6 Å². The van der Waals surface area contributed by atoms with E-state index >= 15 is 0 Å². The summed E-state index contributed by atoms with van der Waals surface area (Å²) < 4.78 is 27.2. The van der Waals surface area contributed by atoms with Crippen molar-refractivity contribution in [2.75, 3.05) is 12.8 Å². The number of aryl methyl sites for hydroxylation is 1. The maximum absolute atomic E-state index is 11.9. The highest BCUT2D eigenvalue weighted by molar-refractivity contribution is 7.89. The zero-order chi connectivity index (χ0) is 18.0. The van der Waals surface area contributed by atoms with E-state index in [0.29, 0.717) is 6.42 Å². The first-order valence-corrected chi connectivity index (χ1v) is 9.53. The number of nitrogens with one attached hydrogen (secondary N) is 1. The zero-order valence-corrected chi connectivity index (χ0v) is 14.9. The molecule has 0 saturated carbocycles. The van der Waals surface area contributed by atoms with Crippen LogP contribution in [0.2, 0.25) is 0 Å². The third kappa shape index (κ3) is 3.62. The molecule has 25 heavy (non-hydrogen) atoms. The van der Waals surface area contributed by atoms with Crippen LogP contribution in [0.4, 0.5) is 0 Å². The predicted molar refractivity (Wildman–Crippen MR) is 98.0 cm³/mol. The van der Waals surface area contributed by atoms with Crippen LogP contribution in [0.5, 0.6) is 0 Å². The molecule has 0 atom stereocenters. The number of carbonyl (C=O) groups excluding carboxylic acids is 1. The topological polar surface area (TPSA) is 81.1 Å². The molecule has 3 rings (SSSR count). The number of hydrogen-bond acceptors (Lipinski definition) is 4. The Morgan fingerprint density at radius 1 is 1.20 bits per heavy atom. The number of pyridine rings is 1. The molecule has 0 radical (unpaired) electrons. The molecule has 1 N–H and O–H groups in total. The fourth-order valence-electron chi connectivity index (χ4n) is 2.81. The second-order valence-electron chi connectivity index (χ2n) is 5.79. The van der Waals surface area contributed by atoms with Gasteiger partial charge in [-0.25, -0.2) is 13.1 Å². The number of benzene rings is 1. The molecule has 0 saturated heterocycles. The molecule has 0 unspecified atom stereocenters. The SMILES string of the molecule is CNS(=O)(=O)CCc1ccc2c(c1)c(-c1ccncc1)cn2C(C)=O. The van der Waals surface area contributed by atoms with E-state index < -0.39 is 10.0 Å². The minimum absolute atomic E-state index is 0.0208. The van der Waals surface area contributed by atoms with E-state index in [1.165, 1.54) is 14.0 Å². The summed E-state index contributed by atoms with van der Waals surface area (Å²) in [6.45, 7) is 1.52. The largest absolute Gasteiger partial charge is 0.287 e. The van der Waals surface area contributed by atoms with Crippen LogP contribution in [0.25, 0.3) is 22.0 Å². The number of carbonyl (C=O) groups is 1. The molecule has 1 aromatic carbocycles. The molecule has 0 aliphatic rings. The van der Waals surface area contributed by atoms with Crippen molar-refractivity contribution in [1.82, 2.24) is 14.3 Å². The van der Waals surface area contributed by atoms with Gasteiger partial charge in [0.1, 0.15) is 0 Å². The smallest absolute Gasteiger partial charge is 0.227 e. The Hall–Kier alpha value is -2.51. The number of nitrogens with zero attached hydrogens (tertiary/aromatic N) is 2. The Morgan fingerprint density at radius 2 is 1.92 bits per heavy atom. The van der Waals surface area contributed by atoms with Gasteiger partial charge in [-0.2, -0.15) is 0 Å². The highest BCUT2D eigenvalue weighted by atomic mass is 32.2. The molecule has 2 aromatic heterocycles. The van der Waals surface area contributed by atoms with Crippen LogP contribution >= 0.6 is 0 Å². The molecular formula is C18H19N3O3S. The minimum atomic E-state index is -3.26. The molecule has 0 aliphatic heterocycles. The van der Waals surface area contributed by atoms with Gasteiger partial charge in [0, 0.05) is 36.5 Å². The monoisotopic (exact) mass is 357 g/mol. The second kappa shape index (κ2) is 6.78. The van der Waals surface area contributed by atoms with Gasteiger partial charge in [0.15, 0.2) is 0 Å². The Morgan fingerprint density at radius 3 is 2.56 bits per heavy atom. The fourth-order valence-corrected chi connectivity index (χ4v) is 3.52. The van der Waals surface area contributed by atoms with Gasteiger partial charge in [0.05, 0.1) is 11.3 Å². The molecule has 0 bridgehead atoms. The average Bonchev–Trinajstić information content (AvgIpc) is 3.00. The van der Waals surface area contributed by atoms with Gasteiger partial charge in [0.2, 0.25) is 15.9 Å². The maximum atomic E-state index is 11.9. The Bertz CT molecular complexity index is 1020. The summed E-state index contributed by atoms with van der Waals surface area (Å²) in [6.07, 6.45) is 5.63. The molecule has 130 valence electrons. The van der Waals surface area contributed by atoms with Crippen LogP contribution in [0.3, 0.4) is 0 Å². The third-order valence-corrected chi connectivity index (χ3v) is 5.53. The van der Waals surface area contributed by atoms with Crippen molar-refractivity contribution in [2.24, 2.45) is 0 Å². The van der Waals surface area contributed by atoms with Crippen LogP contribution < -0.4 is 4.72 Å². The van der Waals surface area contributed by atoms with Crippen LogP contribution in [0, 0.1) is 0 Å². The van der Waals surface area contributed by atoms with E-state index in [4.69, 9.17) is 0 Å². The summed E-state index contributed by atoms with van der Waals surface area (Å²) in [6, 6.07) is 9.45. The number of fused-ring (bicyclic) bond motifs is 1. The standard InChI is InChI=1S/C18H19N3O3S/c1-13(22)21-12-17(15-5-8-20-9-6-15)16-11-14(3-4-18(16)21)7-10-25(23,24)19-2/h3-6,8-9,11-12,19H,7,10H2,1-2H3. The lowest BCUT2D eigenvalue weighted by Gasteiger charge is -2.05. The Balaban J connectivity index is 2.09. The first-order valence-electron chi connectivity index (χ1n) is 7.88. The van der Waals surface area contributed by atoms with Crippen LogP contribution in [0.15, 0.2) is 48.9 Å². The lowest BCUT2D eigenvalue weighted by atomic mass is 10.0. The summed E-state index contributed by atoms with van der Waals surface area (Å²) in [5.74, 6) is -0.0525. The first kappa shape index (κ1) is 17.3. The highest BCUT2D eigenvalue weighted by Gasteiger charge is 2.14. The van der Waals surface area contributed by atoms with Crippen molar-refractivity contribution < 1.29 is 13.2 Å². The maximum Gasteiger partial charge on any atom is 0.227 e. The van der Waals surface area contributed by atoms with Crippen LogP contribution in [-0.4, -0.2) is 36.7 Å². The molecule has 0 aliphatic carbocycles. The van der Waals surface area contributed by atoms with Crippen LogP contribution in [-0.2, 0) is 16.4 Å². The summed E-state index contributed by atoms with van der Waals surface area (Å²) >= 11 is 0. The van der Waals surface area contributed by atoms with Crippen molar-refractivity contribution >= 4 is 26.8 Å². The molecule has 3 aromatic rings. The highest BCUT2D eigenvalue weighted by Crippen LogP contribution is 2.31. The molecule has 0 fully saturated rings. The van der Waals surface area contributed by atoms with E-state index in [2.05, 4.69) is 9.71 Å². The first-order chi connectivity index (χ1) is 11.9. The lowest BCUT2D eigenvalue weighted by molar-refractivity contribution is 0.0941. The summed E-state index contributed by atoms with van der Waals surface area (Å²) in [7, 11) is -1.85. The average molecular weight is 357 g/mol. The van der Waals surface area contributed by atoms with E-state index in [-0.39, 0.29) is 11.7 Å². The summed E-state index contributed by atoms with van der Waals surface area (Å²) in [4.78, 5) is 16.0. The molecule has 0 spiro atoms. The normalized spacial score (nSPS) is 11.8. The predicted octanol–water partition coefficient (Wildman–Crippen LogP) is 2.46. The van der Waals surface area contributed by atoms with Gasteiger partial charge in [-0.3, -0.25) is 14.3 Å². The van der Waals surface area contributed by atoms with Crippen molar-refractivity contribution in [3.8, 4) is 11.1 Å².